The molecule has 4 rings (SSSR count). The van der Waals surface area contributed by atoms with Gasteiger partial charge in [0.25, 0.3) is 0 Å². The van der Waals surface area contributed by atoms with E-state index < -0.39 is 0 Å². The first-order valence-electron chi connectivity index (χ1n) is 10.2. The molecule has 1 unspecified atom stereocenters. The molecule has 1 atom stereocenters. The minimum atomic E-state index is -0.380. The van der Waals surface area contributed by atoms with Gasteiger partial charge < -0.3 is 19.9 Å². The minimum absolute atomic E-state index is 0.0177. The van der Waals surface area contributed by atoms with Crippen LogP contribution in [-0.4, -0.2) is 38.6 Å². The fraction of sp³-hybridized carbons (Fsp3) is 0.391. The lowest BCUT2D eigenvalue weighted by Gasteiger charge is -2.29. The summed E-state index contributed by atoms with van der Waals surface area (Å²) in [5.74, 6) is 0.0516. The maximum atomic E-state index is 12.7. The molecule has 0 radical (unpaired) electrons. The number of amides is 2. The summed E-state index contributed by atoms with van der Waals surface area (Å²) in [4.78, 5) is 29.4. The van der Waals surface area contributed by atoms with E-state index in [1.807, 2.05) is 24.3 Å². The van der Waals surface area contributed by atoms with Crippen molar-refractivity contribution in [2.24, 2.45) is 5.92 Å². The van der Waals surface area contributed by atoms with Gasteiger partial charge in [0.05, 0.1) is 18.7 Å². The second kappa shape index (κ2) is 8.55. The van der Waals surface area contributed by atoms with Gasteiger partial charge in [-0.25, -0.2) is 0 Å². The average Bonchev–Trinajstić information content (AvgIpc) is 3.16. The van der Waals surface area contributed by atoms with E-state index in [4.69, 9.17) is 4.74 Å². The van der Waals surface area contributed by atoms with Crippen LogP contribution in [0.1, 0.15) is 25.7 Å². The summed E-state index contributed by atoms with van der Waals surface area (Å²) in [5, 5.41) is 2.90. The van der Waals surface area contributed by atoms with Crippen LogP contribution in [0.4, 0.5) is 17.1 Å². The molecule has 2 aliphatic rings. The lowest BCUT2D eigenvalue weighted by molar-refractivity contribution is -0.122. The highest BCUT2D eigenvalue weighted by Crippen LogP contribution is 2.30. The summed E-state index contributed by atoms with van der Waals surface area (Å²) in [7, 11) is 1.57. The zero-order chi connectivity index (χ0) is 20.2. The van der Waals surface area contributed by atoms with Gasteiger partial charge >= 0.3 is 0 Å². The summed E-state index contributed by atoms with van der Waals surface area (Å²) in [6.07, 6.45) is 3.98. The van der Waals surface area contributed by atoms with Crippen molar-refractivity contribution >= 4 is 28.9 Å². The van der Waals surface area contributed by atoms with Gasteiger partial charge in [0.15, 0.2) is 0 Å². The van der Waals surface area contributed by atoms with E-state index in [9.17, 15) is 9.59 Å². The standard InChI is InChI=1S/C23H27N3O3/c1-29-21-8-4-3-7-20(21)24-23(28)17-15-22(27)26(16-17)19-11-9-18(10-12-19)25-13-5-2-6-14-25/h3-4,7-12,17H,2,5-6,13-16H2,1H3,(H,24,28). The van der Waals surface area contributed by atoms with E-state index in [1.54, 1.807) is 24.1 Å². The van der Waals surface area contributed by atoms with Gasteiger partial charge in [0.2, 0.25) is 11.8 Å². The van der Waals surface area contributed by atoms with E-state index in [0.29, 0.717) is 18.0 Å². The molecule has 0 saturated carbocycles. The fourth-order valence-corrected chi connectivity index (χ4v) is 4.11. The predicted molar refractivity (Wildman–Crippen MR) is 115 cm³/mol. The molecule has 2 aromatic carbocycles. The number of carbonyl (C=O) groups excluding carboxylic acids is 2. The number of nitrogens with one attached hydrogen (secondary N) is 1. The van der Waals surface area contributed by atoms with Crippen molar-refractivity contribution in [1.29, 1.82) is 0 Å². The first kappa shape index (κ1) is 19.3. The van der Waals surface area contributed by atoms with Crippen LogP contribution in [0.2, 0.25) is 0 Å². The van der Waals surface area contributed by atoms with Crippen molar-refractivity contribution in [3.8, 4) is 5.75 Å². The third kappa shape index (κ3) is 4.21. The number of hydrogen-bond donors (Lipinski definition) is 1. The third-order valence-corrected chi connectivity index (χ3v) is 5.74. The van der Waals surface area contributed by atoms with Crippen molar-refractivity contribution < 1.29 is 14.3 Å². The first-order chi connectivity index (χ1) is 14.2. The van der Waals surface area contributed by atoms with Gasteiger partial charge in [-0.05, 0) is 55.7 Å². The zero-order valence-corrected chi connectivity index (χ0v) is 16.8. The highest BCUT2D eigenvalue weighted by molar-refractivity contribution is 6.04. The number of piperidine rings is 1. The largest absolute Gasteiger partial charge is 0.495 e. The lowest BCUT2D eigenvalue weighted by Crippen LogP contribution is -2.30. The maximum Gasteiger partial charge on any atom is 0.229 e. The number of rotatable bonds is 5. The highest BCUT2D eigenvalue weighted by atomic mass is 16.5. The van der Waals surface area contributed by atoms with Crippen LogP contribution in [0.25, 0.3) is 0 Å². The molecule has 29 heavy (non-hydrogen) atoms. The van der Waals surface area contributed by atoms with Crippen LogP contribution in [0, 0.1) is 5.92 Å². The molecule has 152 valence electrons. The Balaban J connectivity index is 1.41. The van der Waals surface area contributed by atoms with Crippen molar-refractivity contribution in [3.05, 3.63) is 48.5 Å². The number of hydrogen-bond acceptors (Lipinski definition) is 4. The minimum Gasteiger partial charge on any atom is -0.495 e. The van der Waals surface area contributed by atoms with Gasteiger partial charge in [0.1, 0.15) is 5.75 Å². The van der Waals surface area contributed by atoms with E-state index in [-0.39, 0.29) is 24.2 Å². The van der Waals surface area contributed by atoms with Crippen LogP contribution < -0.4 is 19.9 Å². The molecule has 0 spiro atoms. The van der Waals surface area contributed by atoms with Crippen LogP contribution in [0.3, 0.4) is 0 Å². The quantitative estimate of drug-likeness (QED) is 0.842. The Kier molecular flexibility index (Phi) is 5.69. The molecular formula is C23H27N3O3. The van der Waals surface area contributed by atoms with Crippen LogP contribution in [0.5, 0.6) is 5.75 Å². The molecule has 2 heterocycles. The normalized spacial score (nSPS) is 19.3. The first-order valence-corrected chi connectivity index (χ1v) is 10.2. The van der Waals surface area contributed by atoms with E-state index >= 15 is 0 Å². The number of carbonyl (C=O) groups is 2. The predicted octanol–water partition coefficient (Wildman–Crippen LogP) is 3.68. The second-order valence-electron chi connectivity index (χ2n) is 7.66. The van der Waals surface area contributed by atoms with Gasteiger partial charge in [0, 0.05) is 37.4 Å². The monoisotopic (exact) mass is 393 g/mol. The molecule has 0 bridgehead atoms. The Morgan fingerprint density at radius 1 is 1.00 bits per heavy atom. The summed E-state index contributed by atoms with van der Waals surface area (Å²) in [6, 6.07) is 15.4. The van der Waals surface area contributed by atoms with Gasteiger partial charge in [-0.15, -0.1) is 0 Å². The van der Waals surface area contributed by atoms with Crippen LogP contribution in [-0.2, 0) is 9.59 Å². The Labute approximate surface area is 171 Å². The topological polar surface area (TPSA) is 61.9 Å². The molecule has 2 aromatic rings. The maximum absolute atomic E-state index is 12.7. The van der Waals surface area contributed by atoms with Crippen LogP contribution in [0.15, 0.2) is 48.5 Å². The summed E-state index contributed by atoms with van der Waals surface area (Å²) < 4.78 is 5.29. The van der Waals surface area contributed by atoms with Crippen molar-refractivity contribution in [1.82, 2.24) is 0 Å². The second-order valence-corrected chi connectivity index (χ2v) is 7.66. The van der Waals surface area contributed by atoms with Gasteiger partial charge in [-0.2, -0.15) is 0 Å². The number of para-hydroxylation sites is 2. The zero-order valence-electron chi connectivity index (χ0n) is 16.8. The molecule has 2 fully saturated rings. The highest BCUT2D eigenvalue weighted by Gasteiger charge is 2.35. The van der Waals surface area contributed by atoms with Crippen LogP contribution >= 0.6 is 0 Å². The average molecular weight is 393 g/mol. The smallest absolute Gasteiger partial charge is 0.229 e. The number of nitrogens with zero attached hydrogens (tertiary/aromatic N) is 2. The SMILES string of the molecule is COc1ccccc1NC(=O)C1CC(=O)N(c2ccc(N3CCCCC3)cc2)C1. The third-order valence-electron chi connectivity index (χ3n) is 5.74. The van der Waals surface area contributed by atoms with Gasteiger partial charge in [-0.3, -0.25) is 9.59 Å². The fourth-order valence-electron chi connectivity index (χ4n) is 4.11. The Hall–Kier alpha value is -3.02. The summed E-state index contributed by atoms with van der Waals surface area (Å²) >= 11 is 0. The molecule has 0 aliphatic carbocycles. The van der Waals surface area contributed by atoms with Crippen molar-refractivity contribution in [2.75, 3.05) is 41.9 Å². The van der Waals surface area contributed by atoms with Crippen molar-refractivity contribution in [3.63, 3.8) is 0 Å². The molecular weight excluding hydrogens is 366 g/mol. The number of anilines is 3. The molecule has 0 aromatic heterocycles. The molecule has 2 saturated heterocycles. The number of methoxy groups -OCH3 is 1. The van der Waals surface area contributed by atoms with E-state index in [0.717, 1.165) is 18.8 Å². The van der Waals surface area contributed by atoms with E-state index in [1.165, 1.54) is 24.9 Å². The lowest BCUT2D eigenvalue weighted by atomic mass is 10.1. The molecule has 1 N–H and O–H groups in total. The molecule has 2 amide bonds. The van der Waals surface area contributed by atoms with Gasteiger partial charge in [-0.1, -0.05) is 12.1 Å². The molecule has 6 nitrogen and oxygen atoms in total. The molecule has 6 heteroatoms. The number of benzene rings is 2. The Morgan fingerprint density at radius 2 is 1.69 bits per heavy atom. The number of ether oxygens (including phenoxy) is 1. The Morgan fingerprint density at radius 3 is 2.41 bits per heavy atom. The summed E-state index contributed by atoms with van der Waals surface area (Å²) in [6.45, 7) is 2.57. The Bertz CT molecular complexity index is 875. The van der Waals surface area contributed by atoms with Crippen molar-refractivity contribution in [2.45, 2.75) is 25.7 Å². The summed E-state index contributed by atoms with van der Waals surface area (Å²) in [5.41, 5.74) is 2.67. The molecule has 2 aliphatic heterocycles. The van der Waals surface area contributed by atoms with E-state index in [2.05, 4.69) is 22.3 Å².